The molecule has 37 heavy (non-hydrogen) atoms. The minimum Gasteiger partial charge on any atom is -0.483 e. The summed E-state index contributed by atoms with van der Waals surface area (Å²) >= 11 is 3.53. The van der Waals surface area contributed by atoms with Crippen LogP contribution in [0.2, 0.25) is 0 Å². The minimum absolute atomic E-state index is 0.152. The van der Waals surface area contributed by atoms with Crippen LogP contribution in [-0.2, 0) is 22.6 Å². The molecule has 3 aromatic carbocycles. The number of rotatable bonds is 11. The molecular weight excluding hydrogens is 528 g/mol. The molecule has 196 valence electrons. The van der Waals surface area contributed by atoms with E-state index in [1.807, 2.05) is 81.4 Å². The van der Waals surface area contributed by atoms with Crippen molar-refractivity contribution >= 4 is 27.7 Å². The molecular formula is C31H37BrN2O3. The van der Waals surface area contributed by atoms with Crippen LogP contribution in [0, 0.1) is 26.7 Å². The van der Waals surface area contributed by atoms with Gasteiger partial charge in [0, 0.05) is 24.0 Å². The van der Waals surface area contributed by atoms with Gasteiger partial charge < -0.3 is 15.0 Å². The Labute approximate surface area is 229 Å². The number of carbonyl (C=O) groups excluding carboxylic acids is 2. The highest BCUT2D eigenvalue weighted by atomic mass is 79.9. The first kappa shape index (κ1) is 28.5. The molecule has 0 aromatic heterocycles. The SMILES string of the molecule is Cc1cc(C)c(C)c(OCC(=O)N(Cc2cccc(Br)c2)C(Cc2ccccc2)C(=O)NCC(C)C)c1. The Hall–Kier alpha value is -3.12. The molecule has 0 aliphatic heterocycles. The van der Waals surface area contributed by atoms with Crippen LogP contribution in [0.15, 0.2) is 71.2 Å². The first-order valence-electron chi connectivity index (χ1n) is 12.7. The molecule has 0 bridgehead atoms. The summed E-state index contributed by atoms with van der Waals surface area (Å²) in [5.74, 6) is 0.589. The van der Waals surface area contributed by atoms with Crippen LogP contribution >= 0.6 is 15.9 Å². The Morgan fingerprint density at radius 1 is 0.946 bits per heavy atom. The number of amides is 2. The maximum Gasteiger partial charge on any atom is 0.261 e. The first-order chi connectivity index (χ1) is 17.6. The molecule has 0 heterocycles. The molecule has 0 saturated heterocycles. The highest BCUT2D eigenvalue weighted by Crippen LogP contribution is 2.24. The number of halogens is 1. The van der Waals surface area contributed by atoms with Crippen molar-refractivity contribution in [1.82, 2.24) is 10.2 Å². The molecule has 5 nitrogen and oxygen atoms in total. The molecule has 1 atom stereocenters. The Kier molecular flexibility index (Phi) is 10.3. The van der Waals surface area contributed by atoms with Gasteiger partial charge in [-0.05, 0) is 72.7 Å². The van der Waals surface area contributed by atoms with Gasteiger partial charge in [-0.3, -0.25) is 9.59 Å². The van der Waals surface area contributed by atoms with Gasteiger partial charge in [0.1, 0.15) is 11.8 Å². The number of nitrogens with zero attached hydrogens (tertiary/aromatic N) is 1. The van der Waals surface area contributed by atoms with Crippen molar-refractivity contribution in [3.8, 4) is 5.75 Å². The van der Waals surface area contributed by atoms with Crippen LogP contribution in [0.1, 0.15) is 41.7 Å². The molecule has 0 spiro atoms. The molecule has 3 rings (SSSR count). The first-order valence-corrected chi connectivity index (χ1v) is 13.5. The Morgan fingerprint density at radius 2 is 1.65 bits per heavy atom. The fourth-order valence-corrected chi connectivity index (χ4v) is 4.63. The second-order valence-corrected chi connectivity index (χ2v) is 10.9. The van der Waals surface area contributed by atoms with E-state index in [1.165, 1.54) is 0 Å². The van der Waals surface area contributed by atoms with Crippen molar-refractivity contribution in [1.29, 1.82) is 0 Å². The number of benzene rings is 3. The molecule has 1 N–H and O–H groups in total. The monoisotopic (exact) mass is 564 g/mol. The summed E-state index contributed by atoms with van der Waals surface area (Å²) in [7, 11) is 0. The average molecular weight is 566 g/mol. The summed E-state index contributed by atoms with van der Waals surface area (Å²) < 4.78 is 6.97. The molecule has 1 unspecified atom stereocenters. The minimum atomic E-state index is -0.684. The van der Waals surface area contributed by atoms with Crippen molar-refractivity contribution < 1.29 is 14.3 Å². The molecule has 0 aliphatic rings. The zero-order valence-electron chi connectivity index (χ0n) is 22.4. The lowest BCUT2D eigenvalue weighted by atomic mass is 10.0. The topological polar surface area (TPSA) is 58.6 Å². The molecule has 6 heteroatoms. The number of carbonyl (C=O) groups is 2. The van der Waals surface area contributed by atoms with E-state index in [1.54, 1.807) is 4.90 Å². The largest absolute Gasteiger partial charge is 0.483 e. The van der Waals surface area contributed by atoms with Gasteiger partial charge in [-0.25, -0.2) is 0 Å². The van der Waals surface area contributed by atoms with E-state index in [4.69, 9.17) is 4.74 Å². The van der Waals surface area contributed by atoms with Crippen LogP contribution in [0.3, 0.4) is 0 Å². The Bertz CT molecular complexity index is 1210. The number of ether oxygens (including phenoxy) is 1. The lowest BCUT2D eigenvalue weighted by molar-refractivity contribution is -0.142. The summed E-state index contributed by atoms with van der Waals surface area (Å²) in [4.78, 5) is 28.9. The van der Waals surface area contributed by atoms with E-state index >= 15 is 0 Å². The van der Waals surface area contributed by atoms with Gasteiger partial charge in [0.15, 0.2) is 6.61 Å². The molecule has 0 fully saturated rings. The van der Waals surface area contributed by atoms with Gasteiger partial charge in [0.05, 0.1) is 0 Å². The fourth-order valence-electron chi connectivity index (χ4n) is 4.18. The number of nitrogens with one attached hydrogen (secondary N) is 1. The molecule has 2 amide bonds. The van der Waals surface area contributed by atoms with Gasteiger partial charge in [0.25, 0.3) is 5.91 Å². The third kappa shape index (κ3) is 8.46. The zero-order chi connectivity index (χ0) is 26.9. The molecule has 3 aromatic rings. The Balaban J connectivity index is 1.93. The summed E-state index contributed by atoms with van der Waals surface area (Å²) in [6, 6.07) is 21.0. The van der Waals surface area contributed by atoms with Crippen LogP contribution in [-0.4, -0.2) is 35.9 Å². The van der Waals surface area contributed by atoms with E-state index in [0.717, 1.165) is 32.3 Å². The standard InChI is InChI=1S/C31H37BrN2O3/c1-21(2)18-33-31(36)28(17-25-10-7-6-8-11-25)34(19-26-12-9-13-27(32)16-26)30(35)20-37-29-15-22(3)14-23(4)24(29)5/h6-16,21,28H,17-20H2,1-5H3,(H,33,36). The van der Waals surface area contributed by atoms with Gasteiger partial charge in [0.2, 0.25) is 5.91 Å². The predicted octanol–water partition coefficient (Wildman–Crippen LogP) is 6.17. The summed E-state index contributed by atoms with van der Waals surface area (Å²) in [6.45, 7) is 10.8. The van der Waals surface area contributed by atoms with Crippen molar-refractivity contribution in [2.24, 2.45) is 5.92 Å². The molecule has 0 saturated carbocycles. The summed E-state index contributed by atoms with van der Waals surface area (Å²) in [5.41, 5.74) is 5.12. The van der Waals surface area contributed by atoms with Crippen molar-refractivity contribution in [3.05, 3.63) is 99.0 Å². The number of hydrogen-bond acceptors (Lipinski definition) is 3. The van der Waals surface area contributed by atoms with Crippen molar-refractivity contribution in [2.75, 3.05) is 13.2 Å². The summed E-state index contributed by atoms with van der Waals surface area (Å²) in [6.07, 6.45) is 0.410. The van der Waals surface area contributed by atoms with Crippen LogP contribution in [0.25, 0.3) is 0 Å². The van der Waals surface area contributed by atoms with Crippen LogP contribution in [0.4, 0.5) is 0 Å². The van der Waals surface area contributed by atoms with Gasteiger partial charge in [-0.1, -0.05) is 78.3 Å². The van der Waals surface area contributed by atoms with E-state index < -0.39 is 6.04 Å². The number of aryl methyl sites for hydroxylation is 2. The van der Waals surface area contributed by atoms with E-state index in [0.29, 0.717) is 31.2 Å². The lowest BCUT2D eigenvalue weighted by Crippen LogP contribution is -2.52. The second kappa shape index (κ2) is 13.4. The van der Waals surface area contributed by atoms with E-state index in [-0.39, 0.29) is 18.4 Å². The van der Waals surface area contributed by atoms with E-state index in [9.17, 15) is 9.59 Å². The summed E-state index contributed by atoms with van der Waals surface area (Å²) in [5, 5.41) is 3.05. The van der Waals surface area contributed by atoms with Gasteiger partial charge in [-0.2, -0.15) is 0 Å². The van der Waals surface area contributed by atoms with Gasteiger partial charge >= 0.3 is 0 Å². The quantitative estimate of drug-likeness (QED) is 0.303. The normalized spacial score (nSPS) is 11.8. The van der Waals surface area contributed by atoms with E-state index in [2.05, 4.69) is 41.2 Å². The van der Waals surface area contributed by atoms with Crippen LogP contribution in [0.5, 0.6) is 5.75 Å². The molecule has 0 radical (unpaired) electrons. The van der Waals surface area contributed by atoms with Gasteiger partial charge in [-0.15, -0.1) is 0 Å². The third-order valence-electron chi connectivity index (χ3n) is 6.31. The zero-order valence-corrected chi connectivity index (χ0v) is 24.0. The second-order valence-electron chi connectivity index (χ2n) is 9.99. The maximum absolute atomic E-state index is 13.8. The number of hydrogen-bond donors (Lipinski definition) is 1. The molecule has 0 aliphatic carbocycles. The fraction of sp³-hybridized carbons (Fsp3) is 0.355. The third-order valence-corrected chi connectivity index (χ3v) is 6.81. The predicted molar refractivity (Wildman–Crippen MR) is 153 cm³/mol. The van der Waals surface area contributed by atoms with Crippen molar-refractivity contribution in [2.45, 2.75) is 53.6 Å². The Morgan fingerprint density at radius 3 is 2.32 bits per heavy atom. The smallest absolute Gasteiger partial charge is 0.261 e. The highest BCUT2D eigenvalue weighted by Gasteiger charge is 2.31. The van der Waals surface area contributed by atoms with Crippen molar-refractivity contribution in [3.63, 3.8) is 0 Å². The highest BCUT2D eigenvalue weighted by molar-refractivity contribution is 9.10. The average Bonchev–Trinajstić information content (AvgIpc) is 2.86. The van der Waals surface area contributed by atoms with Crippen LogP contribution < -0.4 is 10.1 Å². The lowest BCUT2D eigenvalue weighted by Gasteiger charge is -2.32. The maximum atomic E-state index is 13.8.